The number of nitrogens with zero attached hydrogens (tertiary/aromatic N) is 3. The minimum atomic E-state index is -0.958. The predicted octanol–water partition coefficient (Wildman–Crippen LogP) is 4.94. The first-order valence-corrected chi connectivity index (χ1v) is 12.9. The molecule has 0 spiro atoms. The summed E-state index contributed by atoms with van der Waals surface area (Å²) in [5.74, 6) is -0.784. The summed E-state index contributed by atoms with van der Waals surface area (Å²) in [6.07, 6.45) is 7.69. The Bertz CT molecular complexity index is 1130. The number of likely N-dealkylation sites (tertiary alicyclic amines) is 1. The fraction of sp³-hybridized carbons (Fsp3) is 0.467. The molecule has 0 bridgehead atoms. The maximum atomic E-state index is 14.3. The molecule has 1 aliphatic heterocycles. The van der Waals surface area contributed by atoms with Crippen molar-refractivity contribution in [3.8, 4) is 0 Å². The van der Waals surface area contributed by atoms with Gasteiger partial charge in [-0.2, -0.15) is 0 Å². The van der Waals surface area contributed by atoms with E-state index in [0.29, 0.717) is 24.2 Å². The number of amides is 3. The Morgan fingerprint density at radius 1 is 1.08 bits per heavy atom. The molecule has 37 heavy (non-hydrogen) atoms. The zero-order valence-corrected chi connectivity index (χ0v) is 23.1. The van der Waals surface area contributed by atoms with Gasteiger partial charge in [0.2, 0.25) is 11.8 Å². The Labute approximate surface area is 221 Å². The molecule has 3 amide bonds. The van der Waals surface area contributed by atoms with Gasteiger partial charge in [0, 0.05) is 35.7 Å². The highest BCUT2D eigenvalue weighted by Gasteiger charge is 2.42. The van der Waals surface area contributed by atoms with Gasteiger partial charge < -0.3 is 10.2 Å². The van der Waals surface area contributed by atoms with Crippen molar-refractivity contribution >= 4 is 23.4 Å². The summed E-state index contributed by atoms with van der Waals surface area (Å²) < 4.78 is 0. The lowest BCUT2D eigenvalue weighted by Crippen LogP contribution is -2.54. The molecule has 1 N–H and O–H groups in total. The van der Waals surface area contributed by atoms with Crippen LogP contribution >= 0.6 is 0 Å². The monoisotopic (exact) mass is 504 g/mol. The van der Waals surface area contributed by atoms with Crippen molar-refractivity contribution in [1.29, 1.82) is 0 Å². The van der Waals surface area contributed by atoms with Crippen LogP contribution in [0.2, 0.25) is 0 Å². The SMILES string of the molecule is C/C=C/C(=O)N1CCC[C@H]1C(=O)N(c1ccc(C(C)(C)C)cc1)C(C(=O)NC(C)(C)C)c1cccnc1. The van der Waals surface area contributed by atoms with Crippen LogP contribution in [0, 0.1) is 0 Å². The van der Waals surface area contributed by atoms with Gasteiger partial charge in [0.25, 0.3) is 5.91 Å². The molecule has 0 radical (unpaired) electrons. The van der Waals surface area contributed by atoms with Gasteiger partial charge >= 0.3 is 0 Å². The highest BCUT2D eigenvalue weighted by atomic mass is 16.2. The number of anilines is 1. The number of carbonyl (C=O) groups excluding carboxylic acids is 3. The summed E-state index contributed by atoms with van der Waals surface area (Å²) in [7, 11) is 0. The van der Waals surface area contributed by atoms with E-state index in [1.54, 1.807) is 47.3 Å². The lowest BCUT2D eigenvalue weighted by atomic mass is 9.87. The largest absolute Gasteiger partial charge is 0.349 e. The van der Waals surface area contributed by atoms with E-state index >= 15 is 0 Å². The molecule has 1 aliphatic rings. The fourth-order valence-electron chi connectivity index (χ4n) is 4.61. The number of benzene rings is 1. The smallest absolute Gasteiger partial charge is 0.250 e. The van der Waals surface area contributed by atoms with Crippen molar-refractivity contribution in [2.75, 3.05) is 11.4 Å². The van der Waals surface area contributed by atoms with Gasteiger partial charge in [0.1, 0.15) is 12.1 Å². The number of aromatic nitrogens is 1. The van der Waals surface area contributed by atoms with Crippen molar-refractivity contribution in [2.24, 2.45) is 0 Å². The summed E-state index contributed by atoms with van der Waals surface area (Å²) >= 11 is 0. The minimum absolute atomic E-state index is 0.0686. The average Bonchev–Trinajstić information content (AvgIpc) is 3.31. The molecule has 3 rings (SSSR count). The van der Waals surface area contributed by atoms with Crippen molar-refractivity contribution in [2.45, 2.75) is 84.3 Å². The second-order valence-electron chi connectivity index (χ2n) is 11.6. The Morgan fingerprint density at radius 2 is 1.76 bits per heavy atom. The van der Waals surface area contributed by atoms with E-state index < -0.39 is 17.6 Å². The Hall–Kier alpha value is -3.48. The van der Waals surface area contributed by atoms with Crippen LogP contribution in [0.5, 0.6) is 0 Å². The predicted molar refractivity (Wildman–Crippen MR) is 147 cm³/mol. The number of hydrogen-bond donors (Lipinski definition) is 1. The number of rotatable bonds is 6. The van der Waals surface area contributed by atoms with Crippen LogP contribution in [0.1, 0.15) is 78.5 Å². The summed E-state index contributed by atoms with van der Waals surface area (Å²) in [5, 5.41) is 3.05. The second kappa shape index (κ2) is 11.3. The average molecular weight is 505 g/mol. The molecule has 1 aromatic heterocycles. The highest BCUT2D eigenvalue weighted by molar-refractivity contribution is 6.05. The topological polar surface area (TPSA) is 82.6 Å². The zero-order valence-electron chi connectivity index (χ0n) is 23.1. The van der Waals surface area contributed by atoms with E-state index in [2.05, 4.69) is 31.1 Å². The van der Waals surface area contributed by atoms with Crippen LogP contribution in [0.25, 0.3) is 0 Å². The van der Waals surface area contributed by atoms with Crippen molar-refractivity contribution in [1.82, 2.24) is 15.2 Å². The van der Waals surface area contributed by atoms with Crippen LogP contribution < -0.4 is 10.2 Å². The quantitative estimate of drug-likeness (QED) is 0.565. The number of hydrogen-bond acceptors (Lipinski definition) is 4. The Balaban J connectivity index is 2.16. The molecule has 1 aromatic carbocycles. The van der Waals surface area contributed by atoms with Crippen molar-refractivity contribution in [3.63, 3.8) is 0 Å². The van der Waals surface area contributed by atoms with Crippen LogP contribution in [-0.2, 0) is 19.8 Å². The van der Waals surface area contributed by atoms with E-state index in [4.69, 9.17) is 0 Å². The third-order valence-corrected chi connectivity index (χ3v) is 6.38. The first-order valence-electron chi connectivity index (χ1n) is 12.9. The van der Waals surface area contributed by atoms with E-state index in [9.17, 15) is 14.4 Å². The molecule has 2 atom stereocenters. The summed E-state index contributed by atoms with van der Waals surface area (Å²) in [6.45, 7) is 14.4. The molecular weight excluding hydrogens is 464 g/mol. The summed E-state index contributed by atoms with van der Waals surface area (Å²) in [4.78, 5) is 48.4. The summed E-state index contributed by atoms with van der Waals surface area (Å²) in [5.41, 5.74) is 1.74. The number of allylic oxidation sites excluding steroid dienone is 1. The Morgan fingerprint density at radius 3 is 2.30 bits per heavy atom. The van der Waals surface area contributed by atoms with Gasteiger partial charge in [-0.05, 0) is 75.8 Å². The first kappa shape index (κ1) is 28.1. The van der Waals surface area contributed by atoms with E-state index in [1.807, 2.05) is 45.0 Å². The summed E-state index contributed by atoms with van der Waals surface area (Å²) in [6, 6.07) is 9.71. The molecule has 1 saturated heterocycles. The number of pyridine rings is 1. The molecule has 1 fully saturated rings. The molecule has 2 aromatic rings. The molecule has 1 unspecified atom stereocenters. The van der Waals surface area contributed by atoms with Gasteiger partial charge in [-0.1, -0.05) is 45.0 Å². The normalized spacial score (nSPS) is 17.1. The molecule has 0 saturated carbocycles. The maximum absolute atomic E-state index is 14.3. The third kappa shape index (κ3) is 6.85. The molecule has 7 nitrogen and oxygen atoms in total. The lowest BCUT2D eigenvalue weighted by Gasteiger charge is -2.36. The van der Waals surface area contributed by atoms with Crippen molar-refractivity contribution in [3.05, 3.63) is 72.1 Å². The van der Waals surface area contributed by atoms with Gasteiger partial charge in [0.15, 0.2) is 0 Å². The van der Waals surface area contributed by atoms with Crippen molar-refractivity contribution < 1.29 is 14.4 Å². The first-order chi connectivity index (χ1) is 17.3. The Kier molecular flexibility index (Phi) is 8.57. The molecule has 198 valence electrons. The van der Waals surface area contributed by atoms with E-state index in [0.717, 1.165) is 12.0 Å². The minimum Gasteiger partial charge on any atom is -0.349 e. The standard InChI is InChI=1S/C30H40N4O3/c1-8-11-25(35)33-19-10-13-24(33)28(37)34(23-16-14-22(15-17-23)29(2,3)4)26(21-12-9-18-31-20-21)27(36)32-30(5,6)7/h8-9,11-12,14-18,20,24,26H,10,13,19H2,1-7H3,(H,32,36)/b11-8+/t24-,26?/m0/s1. The molecule has 7 heteroatoms. The fourth-order valence-corrected chi connectivity index (χ4v) is 4.61. The van der Waals surface area contributed by atoms with Gasteiger partial charge in [-0.25, -0.2) is 0 Å². The lowest BCUT2D eigenvalue weighted by molar-refractivity contribution is -0.135. The van der Waals surface area contributed by atoms with Crippen LogP contribution in [0.4, 0.5) is 5.69 Å². The van der Waals surface area contributed by atoms with Crippen LogP contribution in [0.15, 0.2) is 60.9 Å². The van der Waals surface area contributed by atoms with Gasteiger partial charge in [-0.3, -0.25) is 24.3 Å². The van der Waals surface area contributed by atoms with E-state index in [1.165, 1.54) is 6.08 Å². The van der Waals surface area contributed by atoms with E-state index in [-0.39, 0.29) is 23.1 Å². The molecular formula is C30H40N4O3. The maximum Gasteiger partial charge on any atom is 0.250 e. The second-order valence-corrected chi connectivity index (χ2v) is 11.6. The van der Waals surface area contributed by atoms with Crippen LogP contribution in [-0.4, -0.2) is 45.7 Å². The zero-order chi connectivity index (χ0) is 27.4. The molecule has 0 aliphatic carbocycles. The van der Waals surface area contributed by atoms with Gasteiger partial charge in [-0.15, -0.1) is 0 Å². The molecule has 2 heterocycles. The number of nitrogens with one attached hydrogen (secondary N) is 1. The van der Waals surface area contributed by atoms with Crippen LogP contribution in [0.3, 0.4) is 0 Å². The number of carbonyl (C=O) groups is 3. The highest BCUT2D eigenvalue weighted by Crippen LogP contribution is 2.33. The third-order valence-electron chi connectivity index (χ3n) is 6.38. The van der Waals surface area contributed by atoms with Gasteiger partial charge in [0.05, 0.1) is 0 Å².